The number of likely N-dealkylation sites (N-methyl/N-ethyl adjacent to an activating group) is 1. The molecule has 2 heteroatoms. The zero-order valence-electron chi connectivity index (χ0n) is 12.4. The Labute approximate surface area is 120 Å². The molecule has 0 saturated carbocycles. The third-order valence-electron chi connectivity index (χ3n) is 3.63. The van der Waals surface area contributed by atoms with Crippen LogP contribution in [0, 0.1) is 12.7 Å². The first kappa shape index (κ1) is 14.7. The van der Waals surface area contributed by atoms with Crippen molar-refractivity contribution in [3.05, 3.63) is 59.4 Å². The van der Waals surface area contributed by atoms with Crippen molar-refractivity contribution < 1.29 is 4.39 Å². The molecule has 0 radical (unpaired) electrons. The van der Waals surface area contributed by atoms with Crippen LogP contribution in [0.4, 0.5) is 4.39 Å². The molecule has 0 bridgehead atoms. The Kier molecular flexibility index (Phi) is 4.91. The lowest BCUT2D eigenvalue weighted by atomic mass is 9.98. The quantitative estimate of drug-likeness (QED) is 0.853. The maximum absolute atomic E-state index is 13.6. The summed E-state index contributed by atoms with van der Waals surface area (Å²) in [6.07, 6.45) is 1.01. The SMILES string of the molecule is CCNC(C)Cc1ccc(-c2cccc(F)c2C)cc1. The zero-order chi connectivity index (χ0) is 14.5. The summed E-state index contributed by atoms with van der Waals surface area (Å²) < 4.78 is 13.6. The smallest absolute Gasteiger partial charge is 0.126 e. The summed E-state index contributed by atoms with van der Waals surface area (Å²) in [6.45, 7) is 7.12. The van der Waals surface area contributed by atoms with E-state index in [9.17, 15) is 4.39 Å². The summed E-state index contributed by atoms with van der Waals surface area (Å²) >= 11 is 0. The second kappa shape index (κ2) is 6.67. The van der Waals surface area contributed by atoms with Crippen LogP contribution in [0.1, 0.15) is 25.0 Å². The highest BCUT2D eigenvalue weighted by atomic mass is 19.1. The van der Waals surface area contributed by atoms with Crippen LogP contribution in [0.2, 0.25) is 0 Å². The predicted octanol–water partition coefficient (Wildman–Crippen LogP) is 4.34. The topological polar surface area (TPSA) is 12.0 Å². The molecule has 0 amide bonds. The van der Waals surface area contributed by atoms with E-state index in [0.717, 1.165) is 24.1 Å². The molecule has 0 aliphatic rings. The van der Waals surface area contributed by atoms with E-state index in [1.165, 1.54) is 11.6 Å². The van der Waals surface area contributed by atoms with Crippen LogP contribution in [0.3, 0.4) is 0 Å². The first-order valence-electron chi connectivity index (χ1n) is 7.19. The van der Waals surface area contributed by atoms with Gasteiger partial charge in [0.25, 0.3) is 0 Å². The van der Waals surface area contributed by atoms with Gasteiger partial charge in [-0.25, -0.2) is 4.39 Å². The minimum absolute atomic E-state index is 0.146. The molecule has 1 nitrogen and oxygen atoms in total. The molecule has 0 aliphatic heterocycles. The summed E-state index contributed by atoms with van der Waals surface area (Å²) in [4.78, 5) is 0. The molecular formula is C18H22FN. The molecule has 0 saturated heterocycles. The third kappa shape index (κ3) is 3.45. The van der Waals surface area contributed by atoms with Gasteiger partial charge in [-0.3, -0.25) is 0 Å². The van der Waals surface area contributed by atoms with Crippen LogP contribution in [0.25, 0.3) is 11.1 Å². The molecule has 0 heterocycles. The van der Waals surface area contributed by atoms with Gasteiger partial charge in [-0.1, -0.05) is 43.3 Å². The van der Waals surface area contributed by atoms with Gasteiger partial charge in [0.1, 0.15) is 5.82 Å². The third-order valence-corrected chi connectivity index (χ3v) is 3.63. The summed E-state index contributed by atoms with van der Waals surface area (Å²) in [5.41, 5.74) is 4.05. The normalized spacial score (nSPS) is 12.4. The van der Waals surface area contributed by atoms with Gasteiger partial charge in [-0.15, -0.1) is 0 Å². The summed E-state index contributed by atoms with van der Waals surface area (Å²) in [5, 5.41) is 3.41. The van der Waals surface area contributed by atoms with E-state index in [1.807, 2.05) is 13.0 Å². The maximum Gasteiger partial charge on any atom is 0.126 e. The van der Waals surface area contributed by atoms with Crippen molar-refractivity contribution in [1.82, 2.24) is 5.32 Å². The molecule has 1 atom stereocenters. The summed E-state index contributed by atoms with van der Waals surface area (Å²) in [6, 6.07) is 14.1. The molecule has 0 aliphatic carbocycles. The lowest BCUT2D eigenvalue weighted by Gasteiger charge is -2.13. The second-order valence-corrected chi connectivity index (χ2v) is 5.27. The summed E-state index contributed by atoms with van der Waals surface area (Å²) in [5.74, 6) is -0.146. The summed E-state index contributed by atoms with van der Waals surface area (Å²) in [7, 11) is 0. The van der Waals surface area contributed by atoms with Gasteiger partial charge in [-0.2, -0.15) is 0 Å². The molecule has 1 N–H and O–H groups in total. The molecule has 2 aromatic carbocycles. The standard InChI is InChI=1S/C18H22FN/c1-4-20-13(2)12-15-8-10-16(11-9-15)17-6-5-7-18(19)14(17)3/h5-11,13,20H,4,12H2,1-3H3. The van der Waals surface area contributed by atoms with Crippen molar-refractivity contribution in [2.24, 2.45) is 0 Å². The van der Waals surface area contributed by atoms with E-state index in [2.05, 4.69) is 43.4 Å². The van der Waals surface area contributed by atoms with E-state index >= 15 is 0 Å². The molecular weight excluding hydrogens is 249 g/mol. The van der Waals surface area contributed by atoms with Crippen LogP contribution >= 0.6 is 0 Å². The van der Waals surface area contributed by atoms with E-state index in [1.54, 1.807) is 6.07 Å². The molecule has 106 valence electrons. The van der Waals surface area contributed by atoms with E-state index in [4.69, 9.17) is 0 Å². The number of nitrogens with one attached hydrogen (secondary N) is 1. The van der Waals surface area contributed by atoms with Crippen molar-refractivity contribution in [3.8, 4) is 11.1 Å². The largest absolute Gasteiger partial charge is 0.314 e. The lowest BCUT2D eigenvalue weighted by molar-refractivity contribution is 0.565. The zero-order valence-corrected chi connectivity index (χ0v) is 12.4. The average molecular weight is 271 g/mol. The predicted molar refractivity (Wildman–Crippen MR) is 83.4 cm³/mol. The highest BCUT2D eigenvalue weighted by Crippen LogP contribution is 2.25. The van der Waals surface area contributed by atoms with Crippen LogP contribution in [-0.2, 0) is 6.42 Å². The minimum atomic E-state index is -0.146. The fraction of sp³-hybridized carbons (Fsp3) is 0.333. The van der Waals surface area contributed by atoms with E-state index in [-0.39, 0.29) is 5.82 Å². The first-order valence-corrected chi connectivity index (χ1v) is 7.19. The Morgan fingerprint density at radius 2 is 1.80 bits per heavy atom. The maximum atomic E-state index is 13.6. The van der Waals surface area contributed by atoms with E-state index < -0.39 is 0 Å². The monoisotopic (exact) mass is 271 g/mol. The first-order chi connectivity index (χ1) is 9.61. The molecule has 2 aromatic rings. The highest BCUT2D eigenvalue weighted by molar-refractivity contribution is 5.67. The van der Waals surface area contributed by atoms with Crippen LogP contribution < -0.4 is 5.32 Å². The van der Waals surface area contributed by atoms with Crippen molar-refractivity contribution in [3.63, 3.8) is 0 Å². The average Bonchev–Trinajstić information content (AvgIpc) is 2.43. The van der Waals surface area contributed by atoms with Gasteiger partial charge >= 0.3 is 0 Å². The molecule has 2 rings (SSSR count). The number of hydrogen-bond donors (Lipinski definition) is 1. The minimum Gasteiger partial charge on any atom is -0.314 e. The van der Waals surface area contributed by atoms with Crippen molar-refractivity contribution in [2.75, 3.05) is 6.54 Å². The lowest BCUT2D eigenvalue weighted by Crippen LogP contribution is -2.27. The van der Waals surface area contributed by atoms with Crippen molar-refractivity contribution in [1.29, 1.82) is 0 Å². The Morgan fingerprint density at radius 3 is 2.45 bits per heavy atom. The molecule has 0 aromatic heterocycles. The molecule has 0 spiro atoms. The second-order valence-electron chi connectivity index (χ2n) is 5.27. The molecule has 0 fully saturated rings. The van der Waals surface area contributed by atoms with Gasteiger partial charge in [0.05, 0.1) is 0 Å². The Hall–Kier alpha value is -1.67. The Morgan fingerprint density at radius 1 is 1.10 bits per heavy atom. The molecule has 20 heavy (non-hydrogen) atoms. The Balaban J connectivity index is 2.18. The fourth-order valence-electron chi connectivity index (χ4n) is 2.51. The fourth-order valence-corrected chi connectivity index (χ4v) is 2.51. The number of rotatable bonds is 5. The van der Waals surface area contributed by atoms with Crippen molar-refractivity contribution in [2.45, 2.75) is 33.2 Å². The highest BCUT2D eigenvalue weighted by Gasteiger charge is 2.06. The van der Waals surface area contributed by atoms with Crippen LogP contribution in [0.15, 0.2) is 42.5 Å². The molecule has 1 unspecified atom stereocenters. The van der Waals surface area contributed by atoms with Crippen LogP contribution in [0.5, 0.6) is 0 Å². The number of halogens is 1. The number of hydrogen-bond acceptors (Lipinski definition) is 1. The van der Waals surface area contributed by atoms with Gasteiger partial charge in [0.2, 0.25) is 0 Å². The van der Waals surface area contributed by atoms with Gasteiger partial charge < -0.3 is 5.32 Å². The van der Waals surface area contributed by atoms with E-state index in [0.29, 0.717) is 11.6 Å². The number of benzene rings is 2. The van der Waals surface area contributed by atoms with Gasteiger partial charge in [0.15, 0.2) is 0 Å². The van der Waals surface area contributed by atoms with Crippen molar-refractivity contribution >= 4 is 0 Å². The van der Waals surface area contributed by atoms with Crippen LogP contribution in [-0.4, -0.2) is 12.6 Å². The Bertz CT molecular complexity index is 560. The van der Waals surface area contributed by atoms with Gasteiger partial charge in [-0.05, 0) is 55.1 Å². The van der Waals surface area contributed by atoms with Gasteiger partial charge in [0, 0.05) is 6.04 Å².